The molecule has 1 aliphatic rings. The first-order valence-electron chi connectivity index (χ1n) is 5.82. The average molecular weight is 283 g/mol. The Morgan fingerprint density at radius 3 is 2.45 bits per heavy atom. The van der Waals surface area contributed by atoms with E-state index >= 15 is 0 Å². The molecule has 1 aromatic rings. The van der Waals surface area contributed by atoms with Crippen molar-refractivity contribution in [2.45, 2.75) is 12.8 Å². The van der Waals surface area contributed by atoms with Gasteiger partial charge in [0, 0.05) is 12.5 Å². The number of amides is 3. The standard InChI is InChI=1S/C12H11F2N3O3/c13-6-1-3-9(8(14)5-6)15-10(18)4-2-7-11(19)16-17-12(7)20/h1,3,5,7H,2,4H2,(H,15,18)(H,16,19)(H,17,20). The maximum Gasteiger partial charge on any atom is 0.251 e. The Balaban J connectivity index is 1.89. The van der Waals surface area contributed by atoms with Crippen molar-refractivity contribution < 1.29 is 23.2 Å². The molecule has 1 saturated heterocycles. The molecule has 0 saturated carbocycles. The number of nitrogens with one attached hydrogen (secondary N) is 3. The lowest BCUT2D eigenvalue weighted by Crippen LogP contribution is -2.28. The number of anilines is 1. The largest absolute Gasteiger partial charge is 0.324 e. The van der Waals surface area contributed by atoms with Gasteiger partial charge in [-0.15, -0.1) is 0 Å². The highest BCUT2D eigenvalue weighted by Crippen LogP contribution is 2.16. The van der Waals surface area contributed by atoms with Crippen molar-refractivity contribution in [2.75, 3.05) is 5.32 Å². The van der Waals surface area contributed by atoms with Crippen molar-refractivity contribution >= 4 is 23.4 Å². The van der Waals surface area contributed by atoms with Gasteiger partial charge in [-0.2, -0.15) is 0 Å². The molecule has 8 heteroatoms. The van der Waals surface area contributed by atoms with E-state index in [0.717, 1.165) is 12.1 Å². The highest BCUT2D eigenvalue weighted by Gasteiger charge is 2.32. The molecule has 1 fully saturated rings. The van der Waals surface area contributed by atoms with Crippen molar-refractivity contribution in [1.82, 2.24) is 10.9 Å². The summed E-state index contributed by atoms with van der Waals surface area (Å²) in [5.41, 5.74) is 4.12. The van der Waals surface area contributed by atoms with Gasteiger partial charge in [0.2, 0.25) is 5.91 Å². The zero-order valence-electron chi connectivity index (χ0n) is 10.2. The van der Waals surface area contributed by atoms with E-state index in [-0.39, 0.29) is 18.5 Å². The molecule has 0 aliphatic carbocycles. The third-order valence-corrected chi connectivity index (χ3v) is 2.81. The van der Waals surface area contributed by atoms with Crippen LogP contribution in [-0.4, -0.2) is 17.7 Å². The maximum atomic E-state index is 13.3. The molecule has 0 radical (unpaired) electrons. The fourth-order valence-corrected chi connectivity index (χ4v) is 1.76. The number of hydrogen-bond donors (Lipinski definition) is 3. The predicted octanol–water partition coefficient (Wildman–Crippen LogP) is 0.461. The van der Waals surface area contributed by atoms with Gasteiger partial charge in [0.25, 0.3) is 11.8 Å². The van der Waals surface area contributed by atoms with E-state index in [0.29, 0.717) is 6.07 Å². The van der Waals surface area contributed by atoms with E-state index in [4.69, 9.17) is 0 Å². The molecule has 0 spiro atoms. The smallest absolute Gasteiger partial charge is 0.251 e. The number of halogens is 2. The molecule has 0 unspecified atom stereocenters. The fraction of sp³-hybridized carbons (Fsp3) is 0.250. The van der Waals surface area contributed by atoms with Gasteiger partial charge in [0.15, 0.2) is 0 Å². The highest BCUT2D eigenvalue weighted by atomic mass is 19.1. The molecule has 20 heavy (non-hydrogen) atoms. The van der Waals surface area contributed by atoms with E-state index in [1.807, 2.05) is 0 Å². The second kappa shape index (κ2) is 5.64. The number of carbonyl (C=O) groups is 3. The number of hydrazine groups is 1. The molecule has 3 amide bonds. The van der Waals surface area contributed by atoms with Gasteiger partial charge in [-0.25, -0.2) is 8.78 Å². The van der Waals surface area contributed by atoms with Crippen molar-refractivity contribution in [1.29, 1.82) is 0 Å². The van der Waals surface area contributed by atoms with Gasteiger partial charge in [0.05, 0.1) is 5.69 Å². The van der Waals surface area contributed by atoms with Crippen LogP contribution in [0.2, 0.25) is 0 Å². The lowest BCUT2D eigenvalue weighted by Gasteiger charge is -2.07. The topological polar surface area (TPSA) is 87.3 Å². The molecule has 1 heterocycles. The molecule has 3 N–H and O–H groups in total. The Labute approximate surface area is 112 Å². The van der Waals surface area contributed by atoms with Crippen LogP contribution in [0.15, 0.2) is 18.2 Å². The van der Waals surface area contributed by atoms with E-state index in [1.165, 1.54) is 0 Å². The number of benzene rings is 1. The first kappa shape index (κ1) is 13.9. The summed E-state index contributed by atoms with van der Waals surface area (Å²) in [5, 5.41) is 2.25. The third kappa shape index (κ3) is 3.08. The minimum absolute atomic E-state index is 0.00626. The number of carbonyl (C=O) groups excluding carboxylic acids is 3. The molecule has 0 bridgehead atoms. The summed E-state index contributed by atoms with van der Waals surface area (Å²) in [4.78, 5) is 34.0. The van der Waals surface area contributed by atoms with Crippen LogP contribution in [-0.2, 0) is 14.4 Å². The molecule has 2 rings (SSSR count). The first-order chi connectivity index (χ1) is 9.47. The van der Waals surface area contributed by atoms with Gasteiger partial charge in [-0.1, -0.05) is 0 Å². The Hall–Kier alpha value is -2.51. The summed E-state index contributed by atoms with van der Waals surface area (Å²) in [6.45, 7) is 0. The molecule has 0 aromatic heterocycles. The van der Waals surface area contributed by atoms with Crippen LogP contribution < -0.4 is 16.2 Å². The van der Waals surface area contributed by atoms with Crippen LogP contribution in [0.5, 0.6) is 0 Å². The van der Waals surface area contributed by atoms with Crippen molar-refractivity contribution in [2.24, 2.45) is 5.92 Å². The summed E-state index contributed by atoms with van der Waals surface area (Å²) < 4.78 is 26.0. The van der Waals surface area contributed by atoms with Crippen LogP contribution in [0, 0.1) is 17.6 Å². The molecular weight excluding hydrogens is 272 g/mol. The fourth-order valence-electron chi connectivity index (χ4n) is 1.76. The molecule has 6 nitrogen and oxygen atoms in total. The van der Waals surface area contributed by atoms with Crippen LogP contribution in [0.4, 0.5) is 14.5 Å². The molecule has 0 atom stereocenters. The molecule has 1 aromatic carbocycles. The second-order valence-corrected chi connectivity index (χ2v) is 4.24. The lowest BCUT2D eigenvalue weighted by molar-refractivity contribution is -0.128. The van der Waals surface area contributed by atoms with Crippen molar-refractivity contribution in [3.63, 3.8) is 0 Å². The summed E-state index contributed by atoms with van der Waals surface area (Å²) in [6.07, 6.45) is -0.130. The molecule has 106 valence electrons. The van der Waals surface area contributed by atoms with Gasteiger partial charge >= 0.3 is 0 Å². The SMILES string of the molecule is O=C(CCC1C(=O)NNC1=O)Nc1ccc(F)cc1F. The molecule has 1 aliphatic heterocycles. The Bertz CT molecular complexity index is 561. The summed E-state index contributed by atoms with van der Waals surface area (Å²) in [7, 11) is 0. The normalized spacial score (nSPS) is 14.9. The predicted molar refractivity (Wildman–Crippen MR) is 64.0 cm³/mol. The monoisotopic (exact) mass is 283 g/mol. The van der Waals surface area contributed by atoms with E-state index < -0.39 is 35.3 Å². The first-order valence-corrected chi connectivity index (χ1v) is 5.82. The quantitative estimate of drug-likeness (QED) is 0.702. The molecular formula is C12H11F2N3O3. The summed E-state index contributed by atoms with van der Waals surface area (Å²) >= 11 is 0. The van der Waals surface area contributed by atoms with Crippen molar-refractivity contribution in [3.05, 3.63) is 29.8 Å². The Morgan fingerprint density at radius 2 is 1.85 bits per heavy atom. The van der Waals surface area contributed by atoms with Crippen LogP contribution >= 0.6 is 0 Å². The zero-order valence-corrected chi connectivity index (χ0v) is 10.2. The lowest BCUT2D eigenvalue weighted by atomic mass is 10.0. The van der Waals surface area contributed by atoms with Gasteiger partial charge in [-0.05, 0) is 18.6 Å². The average Bonchev–Trinajstić information content (AvgIpc) is 2.70. The minimum atomic E-state index is -0.932. The van der Waals surface area contributed by atoms with Gasteiger partial charge in [-0.3, -0.25) is 25.2 Å². The van der Waals surface area contributed by atoms with Crippen molar-refractivity contribution in [3.8, 4) is 0 Å². The van der Waals surface area contributed by atoms with Gasteiger partial charge < -0.3 is 5.32 Å². The van der Waals surface area contributed by atoms with Crippen LogP contribution in [0.3, 0.4) is 0 Å². The maximum absolute atomic E-state index is 13.3. The summed E-state index contributed by atoms with van der Waals surface area (Å²) in [5.74, 6) is -4.15. The Kier molecular flexibility index (Phi) is 3.92. The number of rotatable bonds is 4. The van der Waals surface area contributed by atoms with Crippen LogP contribution in [0.1, 0.15) is 12.8 Å². The second-order valence-electron chi connectivity index (χ2n) is 4.24. The number of hydrogen-bond acceptors (Lipinski definition) is 3. The van der Waals surface area contributed by atoms with E-state index in [2.05, 4.69) is 16.2 Å². The summed E-state index contributed by atoms with van der Waals surface area (Å²) in [6, 6.07) is 2.75. The van der Waals surface area contributed by atoms with Gasteiger partial charge in [0.1, 0.15) is 17.6 Å². The Morgan fingerprint density at radius 1 is 1.20 bits per heavy atom. The third-order valence-electron chi connectivity index (χ3n) is 2.81. The highest BCUT2D eigenvalue weighted by molar-refractivity contribution is 6.05. The minimum Gasteiger partial charge on any atom is -0.324 e. The van der Waals surface area contributed by atoms with E-state index in [9.17, 15) is 23.2 Å². The zero-order chi connectivity index (χ0) is 14.7. The van der Waals surface area contributed by atoms with E-state index in [1.54, 1.807) is 0 Å². The van der Waals surface area contributed by atoms with Crippen LogP contribution in [0.25, 0.3) is 0 Å².